The average molecular weight is 265 g/mol. The summed E-state index contributed by atoms with van der Waals surface area (Å²) < 4.78 is 18.4. The number of halogens is 1. The zero-order chi connectivity index (χ0) is 13.7. The SMILES string of the molecule is COc1ccc(CNCC2CCC(=O)CC2)cc1F. The first kappa shape index (κ1) is 14.0. The maximum Gasteiger partial charge on any atom is 0.165 e. The van der Waals surface area contributed by atoms with Crippen molar-refractivity contribution in [3.63, 3.8) is 0 Å². The van der Waals surface area contributed by atoms with Crippen molar-refractivity contribution in [2.45, 2.75) is 32.2 Å². The van der Waals surface area contributed by atoms with Crippen LogP contribution in [0.15, 0.2) is 18.2 Å². The van der Waals surface area contributed by atoms with Crippen molar-refractivity contribution < 1.29 is 13.9 Å². The first-order chi connectivity index (χ1) is 9.19. The number of carbonyl (C=O) groups is 1. The lowest BCUT2D eigenvalue weighted by Crippen LogP contribution is -2.26. The molecule has 1 aromatic rings. The van der Waals surface area contributed by atoms with Gasteiger partial charge in [0.1, 0.15) is 5.78 Å². The monoisotopic (exact) mass is 265 g/mol. The maximum absolute atomic E-state index is 13.5. The molecule has 0 radical (unpaired) electrons. The third kappa shape index (κ3) is 4.03. The van der Waals surface area contributed by atoms with Gasteiger partial charge in [-0.2, -0.15) is 0 Å². The zero-order valence-corrected chi connectivity index (χ0v) is 11.2. The van der Waals surface area contributed by atoms with Crippen molar-refractivity contribution in [3.05, 3.63) is 29.6 Å². The molecule has 0 saturated heterocycles. The lowest BCUT2D eigenvalue weighted by Gasteiger charge is -2.21. The highest BCUT2D eigenvalue weighted by molar-refractivity contribution is 5.79. The Labute approximate surface area is 113 Å². The van der Waals surface area contributed by atoms with Gasteiger partial charge < -0.3 is 10.1 Å². The highest BCUT2D eigenvalue weighted by Crippen LogP contribution is 2.21. The second-order valence-corrected chi connectivity index (χ2v) is 5.08. The number of hydrogen-bond acceptors (Lipinski definition) is 3. The molecule has 0 unspecified atom stereocenters. The van der Waals surface area contributed by atoms with Crippen molar-refractivity contribution in [1.29, 1.82) is 0 Å². The van der Waals surface area contributed by atoms with Gasteiger partial charge in [-0.25, -0.2) is 4.39 Å². The van der Waals surface area contributed by atoms with Gasteiger partial charge in [-0.1, -0.05) is 6.07 Å². The molecule has 1 aromatic carbocycles. The van der Waals surface area contributed by atoms with E-state index in [1.807, 2.05) is 6.07 Å². The molecule has 0 heterocycles. The van der Waals surface area contributed by atoms with E-state index in [0.29, 0.717) is 31.1 Å². The molecule has 0 bridgehead atoms. The summed E-state index contributed by atoms with van der Waals surface area (Å²) >= 11 is 0. The van der Waals surface area contributed by atoms with Gasteiger partial charge in [0.15, 0.2) is 11.6 Å². The van der Waals surface area contributed by atoms with Crippen molar-refractivity contribution >= 4 is 5.78 Å². The second-order valence-electron chi connectivity index (χ2n) is 5.08. The van der Waals surface area contributed by atoms with E-state index in [1.54, 1.807) is 6.07 Å². The van der Waals surface area contributed by atoms with E-state index in [-0.39, 0.29) is 11.6 Å². The van der Waals surface area contributed by atoms with Gasteiger partial charge >= 0.3 is 0 Å². The fraction of sp³-hybridized carbons (Fsp3) is 0.533. The molecule has 0 atom stereocenters. The zero-order valence-electron chi connectivity index (χ0n) is 11.2. The summed E-state index contributed by atoms with van der Waals surface area (Å²) in [5.74, 6) is 0.897. The molecule has 4 heteroatoms. The number of nitrogens with one attached hydrogen (secondary N) is 1. The molecule has 1 fully saturated rings. The number of methoxy groups -OCH3 is 1. The number of hydrogen-bond donors (Lipinski definition) is 1. The Balaban J connectivity index is 1.76. The van der Waals surface area contributed by atoms with Crippen LogP contribution in [0, 0.1) is 11.7 Å². The van der Waals surface area contributed by atoms with Gasteiger partial charge in [-0.15, -0.1) is 0 Å². The predicted molar refractivity (Wildman–Crippen MR) is 71.6 cm³/mol. The molecule has 0 spiro atoms. The van der Waals surface area contributed by atoms with Gasteiger partial charge in [-0.3, -0.25) is 4.79 Å². The number of ether oxygens (including phenoxy) is 1. The molecule has 2 rings (SSSR count). The first-order valence-electron chi connectivity index (χ1n) is 6.74. The molecular formula is C15H20FNO2. The Kier molecular flexibility index (Phi) is 4.91. The molecule has 0 aliphatic heterocycles. The quantitative estimate of drug-likeness (QED) is 0.889. The maximum atomic E-state index is 13.5. The summed E-state index contributed by atoms with van der Waals surface area (Å²) in [7, 11) is 1.46. The van der Waals surface area contributed by atoms with E-state index in [1.165, 1.54) is 13.2 Å². The van der Waals surface area contributed by atoms with E-state index in [4.69, 9.17) is 4.74 Å². The average Bonchev–Trinajstić information content (AvgIpc) is 2.41. The van der Waals surface area contributed by atoms with E-state index >= 15 is 0 Å². The van der Waals surface area contributed by atoms with Crippen LogP contribution in [-0.2, 0) is 11.3 Å². The van der Waals surface area contributed by atoms with Gasteiger partial charge in [0.05, 0.1) is 7.11 Å². The van der Waals surface area contributed by atoms with Crippen LogP contribution in [0.1, 0.15) is 31.2 Å². The first-order valence-corrected chi connectivity index (χ1v) is 6.74. The molecule has 1 N–H and O–H groups in total. The van der Waals surface area contributed by atoms with Crippen LogP contribution in [0.5, 0.6) is 5.75 Å². The molecule has 104 valence electrons. The largest absolute Gasteiger partial charge is 0.494 e. The minimum absolute atomic E-state index is 0.273. The molecule has 1 aliphatic rings. The minimum Gasteiger partial charge on any atom is -0.494 e. The van der Waals surface area contributed by atoms with E-state index in [9.17, 15) is 9.18 Å². The van der Waals surface area contributed by atoms with Crippen LogP contribution < -0.4 is 10.1 Å². The van der Waals surface area contributed by atoms with Crippen LogP contribution in [0.4, 0.5) is 4.39 Å². The summed E-state index contributed by atoms with van der Waals surface area (Å²) in [5.41, 5.74) is 0.908. The number of rotatable bonds is 5. The molecule has 0 amide bonds. The van der Waals surface area contributed by atoms with Crippen LogP contribution in [0.2, 0.25) is 0 Å². The van der Waals surface area contributed by atoms with Gasteiger partial charge in [0.2, 0.25) is 0 Å². The summed E-state index contributed by atoms with van der Waals surface area (Å²) in [4.78, 5) is 11.1. The summed E-state index contributed by atoms with van der Waals surface area (Å²) in [5, 5.41) is 3.33. The van der Waals surface area contributed by atoms with Crippen LogP contribution in [0.25, 0.3) is 0 Å². The number of benzene rings is 1. The summed E-state index contributed by atoms with van der Waals surface area (Å²) in [6, 6.07) is 5.00. The van der Waals surface area contributed by atoms with Gasteiger partial charge in [-0.05, 0) is 43.0 Å². The van der Waals surface area contributed by atoms with Gasteiger partial charge in [0.25, 0.3) is 0 Å². The Morgan fingerprint density at radius 1 is 1.37 bits per heavy atom. The molecule has 0 aromatic heterocycles. The fourth-order valence-corrected chi connectivity index (χ4v) is 2.44. The third-order valence-corrected chi connectivity index (χ3v) is 3.64. The lowest BCUT2D eigenvalue weighted by atomic mass is 9.88. The highest BCUT2D eigenvalue weighted by atomic mass is 19.1. The Bertz CT molecular complexity index is 438. The Morgan fingerprint density at radius 2 is 2.11 bits per heavy atom. The smallest absolute Gasteiger partial charge is 0.165 e. The van der Waals surface area contributed by atoms with Crippen molar-refractivity contribution in [2.24, 2.45) is 5.92 Å². The molecule has 19 heavy (non-hydrogen) atoms. The second kappa shape index (κ2) is 6.66. The van der Waals surface area contributed by atoms with Gasteiger partial charge in [0, 0.05) is 19.4 Å². The molecule has 1 saturated carbocycles. The van der Waals surface area contributed by atoms with Crippen molar-refractivity contribution in [1.82, 2.24) is 5.32 Å². The molecular weight excluding hydrogens is 245 g/mol. The van der Waals surface area contributed by atoms with Crippen LogP contribution in [-0.4, -0.2) is 19.4 Å². The molecule has 1 aliphatic carbocycles. The minimum atomic E-state index is -0.329. The number of Topliss-reactive ketones (excluding diaryl/α,β-unsaturated/α-hetero) is 1. The Morgan fingerprint density at radius 3 is 2.74 bits per heavy atom. The van der Waals surface area contributed by atoms with Crippen LogP contribution in [0.3, 0.4) is 0 Å². The molecule has 3 nitrogen and oxygen atoms in total. The lowest BCUT2D eigenvalue weighted by molar-refractivity contribution is -0.120. The van der Waals surface area contributed by atoms with Crippen LogP contribution >= 0.6 is 0 Å². The van der Waals surface area contributed by atoms with E-state index < -0.39 is 0 Å². The third-order valence-electron chi connectivity index (χ3n) is 3.64. The number of carbonyl (C=O) groups excluding carboxylic acids is 1. The highest BCUT2D eigenvalue weighted by Gasteiger charge is 2.18. The predicted octanol–water partition coefficient (Wildman–Crippen LogP) is 2.68. The van der Waals surface area contributed by atoms with E-state index in [0.717, 1.165) is 24.9 Å². The Hall–Kier alpha value is -1.42. The fourth-order valence-electron chi connectivity index (χ4n) is 2.44. The standard InChI is InChI=1S/C15H20FNO2/c1-19-15-7-4-12(8-14(15)16)10-17-9-11-2-5-13(18)6-3-11/h4,7-8,11,17H,2-3,5-6,9-10H2,1H3. The summed E-state index contributed by atoms with van der Waals surface area (Å²) in [6.07, 6.45) is 3.37. The topological polar surface area (TPSA) is 38.3 Å². The van der Waals surface area contributed by atoms with Crippen molar-refractivity contribution in [2.75, 3.05) is 13.7 Å². The number of ketones is 1. The van der Waals surface area contributed by atoms with Crippen molar-refractivity contribution in [3.8, 4) is 5.75 Å². The normalized spacial score (nSPS) is 16.6. The van der Waals surface area contributed by atoms with E-state index in [2.05, 4.69) is 5.32 Å². The summed E-state index contributed by atoms with van der Waals surface area (Å²) in [6.45, 7) is 1.53.